The van der Waals surface area contributed by atoms with Gasteiger partial charge in [0.15, 0.2) is 0 Å². The molecule has 0 fully saturated rings. The van der Waals surface area contributed by atoms with E-state index in [-0.39, 0.29) is 17.6 Å². The minimum absolute atomic E-state index is 0.137. The van der Waals surface area contributed by atoms with Gasteiger partial charge in [-0.1, -0.05) is 28.9 Å². The zero-order valence-corrected chi connectivity index (χ0v) is 12.5. The number of amides is 1. The van der Waals surface area contributed by atoms with Crippen molar-refractivity contribution in [3.8, 4) is 17.3 Å². The fraction of sp³-hybridized carbons (Fsp3) is 0.267. The van der Waals surface area contributed by atoms with Crippen LogP contribution in [-0.2, 0) is 0 Å². The topological polar surface area (TPSA) is 70.1 Å². The molecule has 0 aliphatic heterocycles. The van der Waals surface area contributed by atoms with Crippen LogP contribution in [0.5, 0.6) is 0 Å². The standard InChI is InChI=1S/C15H14ClN3O2/c1-10(8-17)9-19(2)15(20)14-7-13(18-21-14)11-4-3-5-12(16)6-11/h3-7,10H,9H2,1-2H3. The van der Waals surface area contributed by atoms with Crippen molar-refractivity contribution in [3.05, 3.63) is 41.1 Å². The Morgan fingerprint density at radius 2 is 2.29 bits per heavy atom. The summed E-state index contributed by atoms with van der Waals surface area (Å²) in [5.41, 5.74) is 1.32. The molecule has 108 valence electrons. The van der Waals surface area contributed by atoms with Crippen LogP contribution in [0.1, 0.15) is 17.5 Å². The third-order valence-corrected chi connectivity index (χ3v) is 3.19. The number of hydrogen-bond acceptors (Lipinski definition) is 4. The fourth-order valence-electron chi connectivity index (χ4n) is 1.88. The van der Waals surface area contributed by atoms with E-state index >= 15 is 0 Å². The lowest BCUT2D eigenvalue weighted by Gasteiger charge is -2.16. The number of nitrogens with zero attached hydrogens (tertiary/aromatic N) is 3. The maximum atomic E-state index is 12.2. The maximum Gasteiger partial charge on any atom is 0.292 e. The number of carbonyl (C=O) groups excluding carboxylic acids is 1. The van der Waals surface area contributed by atoms with Crippen LogP contribution >= 0.6 is 11.6 Å². The van der Waals surface area contributed by atoms with E-state index in [1.807, 2.05) is 6.07 Å². The van der Waals surface area contributed by atoms with Gasteiger partial charge in [-0.15, -0.1) is 0 Å². The molecular weight excluding hydrogens is 290 g/mol. The molecule has 1 unspecified atom stereocenters. The van der Waals surface area contributed by atoms with Crippen molar-refractivity contribution in [1.82, 2.24) is 10.1 Å². The Balaban J connectivity index is 2.16. The zero-order chi connectivity index (χ0) is 15.4. The molecule has 2 aromatic rings. The van der Waals surface area contributed by atoms with Crippen molar-refractivity contribution < 1.29 is 9.32 Å². The Kier molecular flexibility index (Phi) is 4.61. The first kappa shape index (κ1) is 15.1. The molecule has 6 heteroatoms. The summed E-state index contributed by atoms with van der Waals surface area (Å²) in [7, 11) is 1.62. The summed E-state index contributed by atoms with van der Waals surface area (Å²) in [4.78, 5) is 13.6. The van der Waals surface area contributed by atoms with Crippen molar-refractivity contribution in [2.45, 2.75) is 6.92 Å². The number of rotatable bonds is 4. The first-order valence-electron chi connectivity index (χ1n) is 6.39. The van der Waals surface area contributed by atoms with E-state index in [1.54, 1.807) is 38.2 Å². The predicted octanol–water partition coefficient (Wildman–Crippen LogP) is 3.23. The number of aromatic nitrogens is 1. The molecule has 0 radical (unpaired) electrons. The van der Waals surface area contributed by atoms with Crippen LogP contribution in [0.4, 0.5) is 0 Å². The van der Waals surface area contributed by atoms with Gasteiger partial charge < -0.3 is 9.42 Å². The lowest BCUT2D eigenvalue weighted by molar-refractivity contribution is 0.0744. The quantitative estimate of drug-likeness (QED) is 0.869. The molecule has 5 nitrogen and oxygen atoms in total. The summed E-state index contributed by atoms with van der Waals surface area (Å²) < 4.78 is 5.09. The minimum Gasteiger partial charge on any atom is -0.350 e. The molecule has 0 saturated carbocycles. The van der Waals surface area contributed by atoms with Gasteiger partial charge in [0, 0.05) is 30.2 Å². The molecule has 2 rings (SSSR count). The summed E-state index contributed by atoms with van der Waals surface area (Å²) in [6, 6.07) is 10.8. The maximum absolute atomic E-state index is 12.2. The largest absolute Gasteiger partial charge is 0.350 e. The molecule has 1 heterocycles. The summed E-state index contributed by atoms with van der Waals surface area (Å²) in [6.07, 6.45) is 0. The van der Waals surface area contributed by atoms with Crippen LogP contribution in [0.2, 0.25) is 5.02 Å². The highest BCUT2D eigenvalue weighted by Crippen LogP contribution is 2.22. The van der Waals surface area contributed by atoms with Gasteiger partial charge in [0.1, 0.15) is 5.69 Å². The van der Waals surface area contributed by atoms with Crippen molar-refractivity contribution in [2.24, 2.45) is 5.92 Å². The normalized spacial score (nSPS) is 11.7. The van der Waals surface area contributed by atoms with E-state index in [0.717, 1.165) is 5.56 Å². The van der Waals surface area contributed by atoms with Gasteiger partial charge in [-0.3, -0.25) is 4.79 Å². The van der Waals surface area contributed by atoms with E-state index in [2.05, 4.69) is 11.2 Å². The van der Waals surface area contributed by atoms with E-state index < -0.39 is 0 Å². The van der Waals surface area contributed by atoms with E-state index in [9.17, 15) is 4.79 Å². The van der Waals surface area contributed by atoms with E-state index in [1.165, 1.54) is 4.90 Å². The Bertz CT molecular complexity index is 690. The Morgan fingerprint density at radius 3 is 2.95 bits per heavy atom. The molecule has 0 spiro atoms. The Morgan fingerprint density at radius 1 is 1.52 bits per heavy atom. The second-order valence-corrected chi connectivity index (χ2v) is 5.24. The average Bonchev–Trinajstić information content (AvgIpc) is 2.96. The number of nitriles is 1. The van der Waals surface area contributed by atoms with Crippen molar-refractivity contribution in [2.75, 3.05) is 13.6 Å². The summed E-state index contributed by atoms with van der Waals surface area (Å²) in [5.74, 6) is -0.412. The highest BCUT2D eigenvalue weighted by molar-refractivity contribution is 6.30. The molecule has 0 saturated heterocycles. The Labute approximate surface area is 127 Å². The van der Waals surface area contributed by atoms with Gasteiger partial charge in [0.05, 0.1) is 12.0 Å². The van der Waals surface area contributed by atoms with Crippen LogP contribution in [0.25, 0.3) is 11.3 Å². The highest BCUT2D eigenvalue weighted by Gasteiger charge is 2.19. The SMILES string of the molecule is CC(C#N)CN(C)C(=O)c1cc(-c2cccc(Cl)c2)no1. The van der Waals surface area contributed by atoms with Crippen LogP contribution in [-0.4, -0.2) is 29.6 Å². The molecule has 0 aliphatic carbocycles. The molecule has 1 aromatic heterocycles. The van der Waals surface area contributed by atoms with Gasteiger partial charge in [-0.25, -0.2) is 0 Å². The van der Waals surface area contributed by atoms with Crippen LogP contribution in [0, 0.1) is 17.2 Å². The Hall–Kier alpha value is -2.32. The van der Waals surface area contributed by atoms with E-state index in [0.29, 0.717) is 17.3 Å². The molecule has 0 bridgehead atoms. The van der Waals surface area contributed by atoms with Gasteiger partial charge in [0.2, 0.25) is 5.76 Å². The number of hydrogen-bond donors (Lipinski definition) is 0. The molecule has 21 heavy (non-hydrogen) atoms. The van der Waals surface area contributed by atoms with Crippen LogP contribution in [0.15, 0.2) is 34.9 Å². The van der Waals surface area contributed by atoms with Crippen LogP contribution < -0.4 is 0 Å². The molecule has 1 atom stereocenters. The highest BCUT2D eigenvalue weighted by atomic mass is 35.5. The third-order valence-electron chi connectivity index (χ3n) is 2.96. The van der Waals surface area contributed by atoms with Crippen molar-refractivity contribution >= 4 is 17.5 Å². The van der Waals surface area contributed by atoms with Gasteiger partial charge in [0.25, 0.3) is 5.91 Å². The fourth-order valence-corrected chi connectivity index (χ4v) is 2.07. The summed E-state index contributed by atoms with van der Waals surface area (Å²) in [5, 5.41) is 13.2. The summed E-state index contributed by atoms with van der Waals surface area (Å²) in [6.45, 7) is 2.09. The van der Waals surface area contributed by atoms with E-state index in [4.69, 9.17) is 21.4 Å². The second kappa shape index (κ2) is 6.42. The smallest absolute Gasteiger partial charge is 0.292 e. The lowest BCUT2D eigenvalue weighted by Crippen LogP contribution is -2.30. The lowest BCUT2D eigenvalue weighted by atomic mass is 10.1. The van der Waals surface area contributed by atoms with Gasteiger partial charge in [-0.05, 0) is 19.1 Å². The first-order valence-corrected chi connectivity index (χ1v) is 6.77. The molecule has 0 N–H and O–H groups in total. The minimum atomic E-state index is -0.308. The number of halogens is 1. The average molecular weight is 304 g/mol. The van der Waals surface area contributed by atoms with Gasteiger partial charge >= 0.3 is 0 Å². The van der Waals surface area contributed by atoms with Gasteiger partial charge in [-0.2, -0.15) is 5.26 Å². The number of benzene rings is 1. The third kappa shape index (κ3) is 3.61. The molecule has 0 aliphatic rings. The molecular formula is C15H14ClN3O2. The predicted molar refractivity (Wildman–Crippen MR) is 78.7 cm³/mol. The second-order valence-electron chi connectivity index (χ2n) is 4.80. The first-order chi connectivity index (χ1) is 10.0. The monoisotopic (exact) mass is 303 g/mol. The zero-order valence-electron chi connectivity index (χ0n) is 11.7. The number of carbonyl (C=O) groups is 1. The molecule has 1 aromatic carbocycles. The summed E-state index contributed by atoms with van der Waals surface area (Å²) >= 11 is 5.92. The molecule has 1 amide bonds. The van der Waals surface area contributed by atoms with Crippen molar-refractivity contribution in [1.29, 1.82) is 5.26 Å². The van der Waals surface area contributed by atoms with Crippen molar-refractivity contribution in [3.63, 3.8) is 0 Å². The van der Waals surface area contributed by atoms with Crippen LogP contribution in [0.3, 0.4) is 0 Å².